The van der Waals surface area contributed by atoms with Crippen molar-refractivity contribution >= 4 is 42.4 Å². The summed E-state index contributed by atoms with van der Waals surface area (Å²) < 4.78 is 0. The fourth-order valence-corrected chi connectivity index (χ4v) is 5.27. The van der Waals surface area contributed by atoms with Gasteiger partial charge in [0.25, 0.3) is 0 Å². The summed E-state index contributed by atoms with van der Waals surface area (Å²) >= 11 is 0. The lowest BCUT2D eigenvalue weighted by Gasteiger charge is -2.37. The summed E-state index contributed by atoms with van der Waals surface area (Å²) in [6.45, 7) is 3.78. The van der Waals surface area contributed by atoms with Gasteiger partial charge in [0.05, 0.1) is 5.41 Å². The number of nitrogens with one attached hydrogen (secondary N) is 2. The summed E-state index contributed by atoms with van der Waals surface area (Å²) in [4.78, 5) is 31.3. The Labute approximate surface area is 190 Å². The number of hydrogen-bond acceptors (Lipinski definition) is 5. The molecule has 30 heavy (non-hydrogen) atoms. The highest BCUT2D eigenvalue weighted by atomic mass is 35.5. The second kappa shape index (κ2) is 10.6. The number of rotatable bonds is 5. The summed E-state index contributed by atoms with van der Waals surface area (Å²) in [6, 6.07) is 3.95. The molecular formula is C21H33Cl2N5O2. The molecule has 0 aromatic carbocycles. The number of halogens is 2. The van der Waals surface area contributed by atoms with Crippen LogP contribution in [0.4, 0.5) is 5.82 Å². The van der Waals surface area contributed by atoms with Crippen LogP contribution in [0.3, 0.4) is 0 Å². The van der Waals surface area contributed by atoms with E-state index in [-0.39, 0.29) is 48.0 Å². The van der Waals surface area contributed by atoms with Gasteiger partial charge >= 0.3 is 0 Å². The summed E-state index contributed by atoms with van der Waals surface area (Å²) in [5.74, 6) is 1.31. The molecule has 0 bridgehead atoms. The molecule has 1 aromatic rings. The number of carbonyl (C=O) groups excluding carboxylic acids is 2. The van der Waals surface area contributed by atoms with Crippen LogP contribution in [0.15, 0.2) is 18.3 Å². The number of carbonyl (C=O) groups is 2. The molecular weight excluding hydrogens is 425 g/mol. The van der Waals surface area contributed by atoms with Gasteiger partial charge in [0.1, 0.15) is 5.82 Å². The maximum atomic E-state index is 13.1. The molecule has 3 aliphatic rings. The van der Waals surface area contributed by atoms with E-state index in [0.29, 0.717) is 12.5 Å². The SMILES string of the molecule is Cl.Cl.NC(=O)C1CCN(c2ncccc2CNC(=O)[C@@]23CCCC[C@H]2CNC3)CC1. The number of nitrogens with two attached hydrogens (primary N) is 1. The smallest absolute Gasteiger partial charge is 0.228 e. The molecule has 2 aliphatic heterocycles. The fraction of sp³-hybridized carbons (Fsp3) is 0.667. The topological polar surface area (TPSA) is 100 Å². The van der Waals surface area contributed by atoms with E-state index >= 15 is 0 Å². The first-order valence-corrected chi connectivity index (χ1v) is 10.6. The van der Waals surface area contributed by atoms with Crippen molar-refractivity contribution in [2.24, 2.45) is 23.0 Å². The highest BCUT2D eigenvalue weighted by Gasteiger charge is 2.49. The molecule has 3 fully saturated rings. The molecule has 7 nitrogen and oxygen atoms in total. The fourth-order valence-electron chi connectivity index (χ4n) is 5.27. The van der Waals surface area contributed by atoms with E-state index in [1.54, 1.807) is 6.20 Å². The van der Waals surface area contributed by atoms with Crippen molar-refractivity contribution in [2.45, 2.75) is 45.1 Å². The van der Waals surface area contributed by atoms with Crippen LogP contribution in [-0.4, -0.2) is 43.0 Å². The zero-order valence-electron chi connectivity index (χ0n) is 17.3. The van der Waals surface area contributed by atoms with Gasteiger partial charge in [-0.3, -0.25) is 9.59 Å². The molecule has 2 atom stereocenters. The molecule has 0 spiro atoms. The molecule has 2 amide bonds. The van der Waals surface area contributed by atoms with Crippen LogP contribution in [0.2, 0.25) is 0 Å². The number of pyridine rings is 1. The third-order valence-corrected chi connectivity index (χ3v) is 6.99. The van der Waals surface area contributed by atoms with E-state index in [4.69, 9.17) is 5.73 Å². The van der Waals surface area contributed by atoms with E-state index in [0.717, 1.165) is 69.7 Å². The Kier molecular flexibility index (Phi) is 8.76. The first-order valence-electron chi connectivity index (χ1n) is 10.6. The van der Waals surface area contributed by atoms with Gasteiger partial charge in [-0.1, -0.05) is 18.9 Å². The molecule has 1 saturated carbocycles. The quantitative estimate of drug-likeness (QED) is 0.627. The molecule has 168 valence electrons. The van der Waals surface area contributed by atoms with Crippen LogP contribution in [0.5, 0.6) is 0 Å². The first-order chi connectivity index (χ1) is 13.6. The molecule has 3 heterocycles. The Morgan fingerprint density at radius 3 is 2.73 bits per heavy atom. The van der Waals surface area contributed by atoms with Crippen molar-refractivity contribution in [3.8, 4) is 0 Å². The van der Waals surface area contributed by atoms with Crippen molar-refractivity contribution in [3.05, 3.63) is 23.9 Å². The highest BCUT2D eigenvalue weighted by molar-refractivity contribution is 5.85. The van der Waals surface area contributed by atoms with Gasteiger partial charge in [-0.25, -0.2) is 4.98 Å². The van der Waals surface area contributed by atoms with Gasteiger partial charge in [0.15, 0.2) is 0 Å². The summed E-state index contributed by atoms with van der Waals surface area (Å²) in [5, 5.41) is 6.66. The maximum Gasteiger partial charge on any atom is 0.228 e. The second-order valence-electron chi connectivity index (χ2n) is 8.56. The molecule has 4 N–H and O–H groups in total. The van der Waals surface area contributed by atoms with E-state index in [1.165, 1.54) is 6.42 Å². The largest absolute Gasteiger partial charge is 0.369 e. The predicted molar refractivity (Wildman–Crippen MR) is 122 cm³/mol. The summed E-state index contributed by atoms with van der Waals surface area (Å²) in [5.41, 5.74) is 6.24. The number of fused-ring (bicyclic) bond motifs is 1. The third kappa shape index (κ3) is 4.84. The number of nitrogens with zero attached hydrogens (tertiary/aromatic N) is 2. The third-order valence-electron chi connectivity index (χ3n) is 6.99. The average molecular weight is 458 g/mol. The van der Waals surface area contributed by atoms with E-state index in [9.17, 15) is 9.59 Å². The lowest BCUT2D eigenvalue weighted by atomic mass is 9.67. The second-order valence-corrected chi connectivity index (χ2v) is 8.56. The predicted octanol–water partition coefficient (Wildman–Crippen LogP) is 2.02. The number of piperidine rings is 1. The summed E-state index contributed by atoms with van der Waals surface area (Å²) in [6.07, 6.45) is 7.80. The van der Waals surface area contributed by atoms with Crippen LogP contribution in [0.25, 0.3) is 0 Å². The van der Waals surface area contributed by atoms with Gasteiger partial charge in [-0.05, 0) is 44.2 Å². The molecule has 0 unspecified atom stereocenters. The van der Waals surface area contributed by atoms with Crippen LogP contribution in [-0.2, 0) is 16.1 Å². The number of aromatic nitrogens is 1. The van der Waals surface area contributed by atoms with Crippen molar-refractivity contribution in [2.75, 3.05) is 31.1 Å². The van der Waals surface area contributed by atoms with E-state index in [1.807, 2.05) is 12.1 Å². The monoisotopic (exact) mass is 457 g/mol. The first kappa shape index (κ1) is 24.7. The Bertz CT molecular complexity index is 742. The number of anilines is 1. The van der Waals surface area contributed by atoms with Crippen LogP contribution < -0.4 is 21.3 Å². The van der Waals surface area contributed by atoms with Gasteiger partial charge in [0, 0.05) is 43.9 Å². The minimum absolute atomic E-state index is 0. The molecule has 1 aliphatic carbocycles. The summed E-state index contributed by atoms with van der Waals surface area (Å²) in [7, 11) is 0. The van der Waals surface area contributed by atoms with Crippen molar-refractivity contribution < 1.29 is 9.59 Å². The van der Waals surface area contributed by atoms with E-state index in [2.05, 4.69) is 20.5 Å². The van der Waals surface area contributed by atoms with Gasteiger partial charge in [-0.15, -0.1) is 24.8 Å². The van der Waals surface area contributed by atoms with E-state index < -0.39 is 0 Å². The highest BCUT2D eigenvalue weighted by Crippen LogP contribution is 2.44. The molecule has 1 aromatic heterocycles. The average Bonchev–Trinajstić information content (AvgIpc) is 3.18. The number of amides is 2. The van der Waals surface area contributed by atoms with Crippen LogP contribution in [0, 0.1) is 17.3 Å². The van der Waals surface area contributed by atoms with Crippen molar-refractivity contribution in [1.82, 2.24) is 15.6 Å². The van der Waals surface area contributed by atoms with Crippen molar-refractivity contribution in [1.29, 1.82) is 0 Å². The van der Waals surface area contributed by atoms with Gasteiger partial charge in [0.2, 0.25) is 11.8 Å². The Morgan fingerprint density at radius 1 is 1.23 bits per heavy atom. The van der Waals surface area contributed by atoms with Gasteiger partial charge in [-0.2, -0.15) is 0 Å². The molecule has 9 heteroatoms. The molecule has 4 rings (SSSR count). The molecule has 0 radical (unpaired) electrons. The normalized spacial score (nSPS) is 26.1. The minimum atomic E-state index is -0.236. The number of primary amides is 1. The minimum Gasteiger partial charge on any atom is -0.369 e. The van der Waals surface area contributed by atoms with Gasteiger partial charge < -0.3 is 21.3 Å². The molecule has 2 saturated heterocycles. The standard InChI is InChI=1S/C21H31N5O2.2ClH/c22-18(27)15-6-10-26(11-7-15)19-16(4-3-9-24-19)12-25-20(28)21-8-2-1-5-17(21)13-23-14-21;;/h3-4,9,15,17,23H,1-2,5-8,10-14H2,(H2,22,27)(H,25,28);2*1H/t17-,21+;;/m0../s1. The Balaban J connectivity index is 0.00000160. The lowest BCUT2D eigenvalue weighted by molar-refractivity contribution is -0.134. The van der Waals surface area contributed by atoms with Crippen LogP contribution in [0.1, 0.15) is 44.1 Å². The zero-order valence-corrected chi connectivity index (χ0v) is 18.9. The number of hydrogen-bond donors (Lipinski definition) is 3. The Morgan fingerprint density at radius 2 is 2.00 bits per heavy atom. The van der Waals surface area contributed by atoms with Crippen molar-refractivity contribution in [3.63, 3.8) is 0 Å². The zero-order chi connectivity index (χ0) is 19.6. The maximum absolute atomic E-state index is 13.1. The lowest BCUT2D eigenvalue weighted by Crippen LogP contribution is -2.47. The Hall–Kier alpha value is -1.57. The van der Waals surface area contributed by atoms with Crippen LogP contribution >= 0.6 is 24.8 Å².